The molecule has 0 aliphatic rings. The molecule has 1 aromatic carbocycles. The molecular weight excluding hydrogens is 187 g/mol. The van der Waals surface area contributed by atoms with E-state index in [0.717, 1.165) is 5.56 Å². The number of aryl methyl sites for hydroxylation is 1. The zero-order valence-electron chi connectivity index (χ0n) is 6.93. The Labute approximate surface area is 97.8 Å². The van der Waals surface area contributed by atoms with Gasteiger partial charge < -0.3 is 9.90 Å². The van der Waals surface area contributed by atoms with Crippen LogP contribution in [0.3, 0.4) is 0 Å². The first kappa shape index (κ1) is 12.0. The molecule has 0 fully saturated rings. The number of benzene rings is 1. The molecule has 58 valence electrons. The fourth-order valence-electron chi connectivity index (χ4n) is 0.796. The van der Waals surface area contributed by atoms with Crippen LogP contribution in [0, 0.1) is 6.92 Å². The number of carboxylic acids is 1. The quantitative estimate of drug-likeness (QED) is 0.484. The number of hydrogen-bond donors (Lipinski definition) is 0. The molecule has 1 aromatic rings. The summed E-state index contributed by atoms with van der Waals surface area (Å²) in [7, 11) is 0. The molecule has 4 heteroatoms. The summed E-state index contributed by atoms with van der Waals surface area (Å²) in [6, 6.07) is 4.77. The molecule has 12 heavy (non-hydrogen) atoms. The van der Waals surface area contributed by atoms with Gasteiger partial charge in [0.05, 0.1) is 5.97 Å². The van der Waals surface area contributed by atoms with Crippen LogP contribution in [0.4, 0.5) is 0 Å². The predicted molar refractivity (Wildman–Crippen MR) is 40.5 cm³/mol. The molecule has 0 aliphatic carbocycles. The van der Waals surface area contributed by atoms with Gasteiger partial charge in [-0.2, -0.15) is 0 Å². The van der Waals surface area contributed by atoms with Crippen molar-refractivity contribution in [2.75, 3.05) is 0 Å². The number of carboxylic acid groups (broad SMARTS) is 1. The van der Waals surface area contributed by atoms with Crippen molar-refractivity contribution in [3.8, 4) is 0 Å². The van der Waals surface area contributed by atoms with Gasteiger partial charge in [0, 0.05) is 10.6 Å². The standard InChI is InChI=1S/C8H7ClO2.Na/c1-5-2-3-7(9)6(4-5)8(10)11;/h2-4H,1H3,(H,10,11);/q;+1/p-1. The van der Waals surface area contributed by atoms with E-state index in [2.05, 4.69) is 0 Å². The molecule has 0 aromatic heterocycles. The van der Waals surface area contributed by atoms with E-state index in [0.29, 0.717) is 0 Å². The van der Waals surface area contributed by atoms with Crippen molar-refractivity contribution in [3.05, 3.63) is 34.3 Å². The Balaban J connectivity index is 0.00000121. The third kappa shape index (κ3) is 2.79. The first-order valence-electron chi connectivity index (χ1n) is 3.09. The number of aromatic carboxylic acids is 1. The van der Waals surface area contributed by atoms with Crippen molar-refractivity contribution in [1.82, 2.24) is 0 Å². The summed E-state index contributed by atoms with van der Waals surface area (Å²) in [6.45, 7) is 1.79. The summed E-state index contributed by atoms with van der Waals surface area (Å²) in [5.74, 6) is -1.24. The van der Waals surface area contributed by atoms with Crippen LogP contribution >= 0.6 is 11.6 Å². The molecule has 0 N–H and O–H groups in total. The average molecular weight is 193 g/mol. The van der Waals surface area contributed by atoms with Crippen molar-refractivity contribution in [1.29, 1.82) is 0 Å². The van der Waals surface area contributed by atoms with Crippen molar-refractivity contribution in [3.63, 3.8) is 0 Å². The van der Waals surface area contributed by atoms with Gasteiger partial charge in [-0.15, -0.1) is 0 Å². The smallest absolute Gasteiger partial charge is 0.545 e. The molecule has 0 amide bonds. The van der Waals surface area contributed by atoms with Gasteiger partial charge in [0.25, 0.3) is 0 Å². The van der Waals surface area contributed by atoms with Gasteiger partial charge in [-0.05, 0) is 19.1 Å². The largest absolute Gasteiger partial charge is 1.00 e. The van der Waals surface area contributed by atoms with Gasteiger partial charge in [0.15, 0.2) is 0 Å². The van der Waals surface area contributed by atoms with Crippen molar-refractivity contribution < 1.29 is 39.5 Å². The van der Waals surface area contributed by atoms with Crippen LogP contribution in [0.1, 0.15) is 15.9 Å². The molecule has 0 saturated carbocycles. The molecule has 0 spiro atoms. The number of rotatable bonds is 1. The second-order valence-corrected chi connectivity index (χ2v) is 2.68. The Morgan fingerprint density at radius 2 is 2.08 bits per heavy atom. The summed E-state index contributed by atoms with van der Waals surface area (Å²) in [4.78, 5) is 10.4. The number of halogens is 1. The van der Waals surface area contributed by atoms with E-state index in [1.54, 1.807) is 19.1 Å². The summed E-state index contributed by atoms with van der Waals surface area (Å²) >= 11 is 5.57. The van der Waals surface area contributed by atoms with E-state index in [1.165, 1.54) is 6.07 Å². The SMILES string of the molecule is Cc1ccc(Cl)c(C(=O)[O-])c1.[Na+]. The Kier molecular flexibility index (Phi) is 4.87. The van der Waals surface area contributed by atoms with E-state index in [4.69, 9.17) is 11.6 Å². The van der Waals surface area contributed by atoms with E-state index >= 15 is 0 Å². The fourth-order valence-corrected chi connectivity index (χ4v) is 0.990. The molecule has 0 bridgehead atoms. The van der Waals surface area contributed by atoms with Crippen LogP contribution in [-0.2, 0) is 0 Å². The van der Waals surface area contributed by atoms with Crippen LogP contribution in [0.25, 0.3) is 0 Å². The second kappa shape index (κ2) is 4.87. The molecular formula is C8H6ClNaO2. The third-order valence-electron chi connectivity index (χ3n) is 1.34. The molecule has 0 heterocycles. The van der Waals surface area contributed by atoms with Gasteiger partial charge >= 0.3 is 29.6 Å². The van der Waals surface area contributed by atoms with Crippen molar-refractivity contribution in [2.45, 2.75) is 6.92 Å². The van der Waals surface area contributed by atoms with Crippen LogP contribution in [0.5, 0.6) is 0 Å². The third-order valence-corrected chi connectivity index (χ3v) is 1.67. The summed E-state index contributed by atoms with van der Waals surface area (Å²) in [5, 5.41) is 10.6. The predicted octanol–water partition coefficient (Wildman–Crippen LogP) is -1.98. The Morgan fingerprint density at radius 3 is 2.50 bits per heavy atom. The van der Waals surface area contributed by atoms with Gasteiger partial charge in [-0.25, -0.2) is 0 Å². The van der Waals surface area contributed by atoms with Gasteiger partial charge in [0.2, 0.25) is 0 Å². The first-order valence-corrected chi connectivity index (χ1v) is 3.46. The molecule has 0 saturated heterocycles. The minimum atomic E-state index is -1.24. The molecule has 0 atom stereocenters. The van der Waals surface area contributed by atoms with Crippen LogP contribution < -0.4 is 34.7 Å². The number of carbonyl (C=O) groups excluding carboxylic acids is 1. The van der Waals surface area contributed by atoms with Crippen LogP contribution in [-0.4, -0.2) is 5.97 Å². The Morgan fingerprint density at radius 1 is 1.50 bits per heavy atom. The number of carbonyl (C=O) groups is 1. The summed E-state index contributed by atoms with van der Waals surface area (Å²) < 4.78 is 0. The molecule has 0 aliphatic heterocycles. The maximum absolute atomic E-state index is 10.4. The molecule has 2 nitrogen and oxygen atoms in total. The number of hydrogen-bond acceptors (Lipinski definition) is 2. The van der Waals surface area contributed by atoms with Crippen molar-refractivity contribution in [2.24, 2.45) is 0 Å². The van der Waals surface area contributed by atoms with E-state index in [1.807, 2.05) is 0 Å². The van der Waals surface area contributed by atoms with E-state index in [9.17, 15) is 9.90 Å². The maximum Gasteiger partial charge on any atom is 1.00 e. The minimum absolute atomic E-state index is 0. The van der Waals surface area contributed by atoms with E-state index in [-0.39, 0.29) is 40.1 Å². The topological polar surface area (TPSA) is 40.1 Å². The Bertz CT molecular complexity index is 299. The molecule has 1 rings (SSSR count). The molecule has 0 radical (unpaired) electrons. The molecule has 0 unspecified atom stereocenters. The summed E-state index contributed by atoms with van der Waals surface area (Å²) in [6.07, 6.45) is 0. The monoisotopic (exact) mass is 192 g/mol. The first-order chi connectivity index (χ1) is 5.11. The Hall–Kier alpha value is -0.0200. The fraction of sp³-hybridized carbons (Fsp3) is 0.125. The van der Waals surface area contributed by atoms with Crippen molar-refractivity contribution >= 4 is 17.6 Å². The van der Waals surface area contributed by atoms with Crippen LogP contribution in [0.2, 0.25) is 5.02 Å². The zero-order chi connectivity index (χ0) is 8.43. The maximum atomic E-state index is 10.4. The van der Waals surface area contributed by atoms with Crippen LogP contribution in [0.15, 0.2) is 18.2 Å². The van der Waals surface area contributed by atoms with Gasteiger partial charge in [0.1, 0.15) is 0 Å². The van der Waals surface area contributed by atoms with Gasteiger partial charge in [-0.1, -0.05) is 23.2 Å². The summed E-state index contributed by atoms with van der Waals surface area (Å²) in [5.41, 5.74) is 0.903. The average Bonchev–Trinajstić information content (AvgIpc) is 1.94. The van der Waals surface area contributed by atoms with E-state index < -0.39 is 5.97 Å². The minimum Gasteiger partial charge on any atom is -0.545 e. The zero-order valence-corrected chi connectivity index (χ0v) is 9.68. The normalized spacial score (nSPS) is 8.83. The second-order valence-electron chi connectivity index (χ2n) is 2.27. The van der Waals surface area contributed by atoms with Gasteiger partial charge in [-0.3, -0.25) is 0 Å².